The Balaban J connectivity index is 2.42. The van der Waals surface area contributed by atoms with Crippen LogP contribution in [0.5, 0.6) is 0 Å². The van der Waals surface area contributed by atoms with Crippen LogP contribution in [0.3, 0.4) is 0 Å². The minimum absolute atomic E-state index is 0.366. The second-order valence-electron chi connectivity index (χ2n) is 4.10. The molecule has 1 aliphatic rings. The molecule has 0 radical (unpaired) electrons. The maximum Gasteiger partial charge on any atom is 0.262 e. The summed E-state index contributed by atoms with van der Waals surface area (Å²) in [5.41, 5.74) is 0.741. The number of nitriles is 1. The fraction of sp³-hybridized carbons (Fsp3) is 0.308. The Hall–Kier alpha value is -1.67. The molecule has 1 aromatic rings. The molecule has 1 atom stereocenters. The molecule has 0 fully saturated rings. The Kier molecular flexibility index (Phi) is 3.48. The number of halogens is 1. The van der Waals surface area contributed by atoms with E-state index in [0.29, 0.717) is 17.5 Å². The SMILES string of the molecule is CCCC(C#N)N1C(=O)c2ccc(Br)cc2C1=O. The van der Waals surface area contributed by atoms with Crippen molar-refractivity contribution in [3.8, 4) is 6.07 Å². The first kappa shape index (κ1) is 12.8. The van der Waals surface area contributed by atoms with Crippen molar-refractivity contribution < 1.29 is 9.59 Å². The smallest absolute Gasteiger partial charge is 0.262 e. The van der Waals surface area contributed by atoms with Crippen LogP contribution in [0.1, 0.15) is 40.5 Å². The lowest BCUT2D eigenvalue weighted by Gasteiger charge is -2.19. The van der Waals surface area contributed by atoms with Gasteiger partial charge < -0.3 is 0 Å². The van der Waals surface area contributed by atoms with Crippen molar-refractivity contribution in [3.05, 3.63) is 33.8 Å². The van der Waals surface area contributed by atoms with Crippen LogP contribution in [-0.2, 0) is 0 Å². The number of benzene rings is 1. The van der Waals surface area contributed by atoms with Gasteiger partial charge in [-0.1, -0.05) is 29.3 Å². The predicted molar refractivity (Wildman–Crippen MR) is 69.0 cm³/mol. The molecule has 0 aliphatic carbocycles. The van der Waals surface area contributed by atoms with Gasteiger partial charge in [0.05, 0.1) is 17.2 Å². The van der Waals surface area contributed by atoms with E-state index in [0.717, 1.165) is 15.8 Å². The molecule has 4 nitrogen and oxygen atoms in total. The van der Waals surface area contributed by atoms with Crippen molar-refractivity contribution in [2.75, 3.05) is 0 Å². The molecule has 1 unspecified atom stereocenters. The van der Waals surface area contributed by atoms with Gasteiger partial charge in [0.1, 0.15) is 6.04 Å². The molecule has 1 aliphatic heterocycles. The van der Waals surface area contributed by atoms with Crippen molar-refractivity contribution in [2.24, 2.45) is 0 Å². The third-order valence-electron chi connectivity index (χ3n) is 2.90. The molecule has 0 aromatic heterocycles. The zero-order valence-electron chi connectivity index (χ0n) is 9.81. The number of hydrogen-bond donors (Lipinski definition) is 0. The van der Waals surface area contributed by atoms with Gasteiger partial charge in [-0.25, -0.2) is 0 Å². The van der Waals surface area contributed by atoms with Crippen molar-refractivity contribution in [1.29, 1.82) is 5.26 Å². The van der Waals surface area contributed by atoms with Crippen molar-refractivity contribution in [2.45, 2.75) is 25.8 Å². The molecule has 0 saturated heterocycles. The van der Waals surface area contributed by atoms with E-state index in [4.69, 9.17) is 5.26 Å². The van der Waals surface area contributed by atoms with Crippen molar-refractivity contribution in [1.82, 2.24) is 4.90 Å². The van der Waals surface area contributed by atoms with Gasteiger partial charge in [-0.3, -0.25) is 14.5 Å². The first-order valence-corrected chi connectivity index (χ1v) is 6.46. The van der Waals surface area contributed by atoms with E-state index in [1.807, 2.05) is 13.0 Å². The summed E-state index contributed by atoms with van der Waals surface area (Å²) in [6.45, 7) is 1.92. The number of imide groups is 1. The number of carbonyl (C=O) groups excluding carboxylic acids is 2. The fourth-order valence-corrected chi connectivity index (χ4v) is 2.40. The monoisotopic (exact) mass is 306 g/mol. The Bertz CT molecular complexity index is 563. The van der Waals surface area contributed by atoms with Gasteiger partial charge >= 0.3 is 0 Å². The van der Waals surface area contributed by atoms with Gasteiger partial charge in [0.2, 0.25) is 0 Å². The zero-order chi connectivity index (χ0) is 13.3. The van der Waals surface area contributed by atoms with E-state index in [-0.39, 0.29) is 11.8 Å². The topological polar surface area (TPSA) is 61.2 Å². The van der Waals surface area contributed by atoms with Crippen molar-refractivity contribution >= 4 is 27.7 Å². The molecular formula is C13H11BrN2O2. The van der Waals surface area contributed by atoms with Gasteiger partial charge in [0.25, 0.3) is 11.8 Å². The summed E-state index contributed by atoms with van der Waals surface area (Å²) >= 11 is 3.27. The molecule has 0 spiro atoms. The lowest BCUT2D eigenvalue weighted by Crippen LogP contribution is -2.38. The molecule has 2 amide bonds. The van der Waals surface area contributed by atoms with E-state index in [1.165, 1.54) is 0 Å². The van der Waals surface area contributed by atoms with Gasteiger partial charge in [0, 0.05) is 4.47 Å². The summed E-state index contributed by atoms with van der Waals surface area (Å²) in [7, 11) is 0. The first-order chi connectivity index (χ1) is 8.60. The number of nitrogens with zero attached hydrogens (tertiary/aromatic N) is 2. The normalized spacial score (nSPS) is 15.5. The molecule has 92 valence electrons. The van der Waals surface area contributed by atoms with Gasteiger partial charge in [0.15, 0.2) is 0 Å². The third kappa shape index (κ3) is 1.93. The van der Waals surface area contributed by atoms with Crippen LogP contribution in [0.15, 0.2) is 22.7 Å². The highest BCUT2D eigenvalue weighted by atomic mass is 79.9. The van der Waals surface area contributed by atoms with Crippen LogP contribution < -0.4 is 0 Å². The average Bonchev–Trinajstić information content (AvgIpc) is 2.59. The van der Waals surface area contributed by atoms with Crippen LogP contribution >= 0.6 is 15.9 Å². The summed E-state index contributed by atoms with van der Waals surface area (Å²) in [4.78, 5) is 25.4. The maximum absolute atomic E-state index is 12.2. The molecule has 5 heteroatoms. The fourth-order valence-electron chi connectivity index (χ4n) is 2.04. The highest BCUT2D eigenvalue weighted by Gasteiger charge is 2.39. The summed E-state index contributed by atoms with van der Waals surface area (Å²) in [5.74, 6) is -0.751. The lowest BCUT2D eigenvalue weighted by atomic mass is 10.1. The lowest BCUT2D eigenvalue weighted by molar-refractivity contribution is 0.0613. The second-order valence-corrected chi connectivity index (χ2v) is 5.02. The highest BCUT2D eigenvalue weighted by Crippen LogP contribution is 2.28. The number of amides is 2. The van der Waals surface area contributed by atoms with E-state index in [2.05, 4.69) is 15.9 Å². The molecule has 18 heavy (non-hydrogen) atoms. The second kappa shape index (κ2) is 4.91. The minimum atomic E-state index is -0.679. The van der Waals surface area contributed by atoms with Crippen LogP contribution in [-0.4, -0.2) is 22.8 Å². The minimum Gasteiger partial charge on any atom is -0.269 e. The molecule has 2 rings (SSSR count). The van der Waals surface area contributed by atoms with Gasteiger partial charge in [-0.15, -0.1) is 0 Å². The molecule has 0 saturated carbocycles. The summed E-state index contributed by atoms with van der Waals surface area (Å²) in [6.07, 6.45) is 1.25. The largest absolute Gasteiger partial charge is 0.269 e. The standard InChI is InChI=1S/C13H11BrN2O2/c1-2-3-9(7-15)16-12(17)10-5-4-8(14)6-11(10)13(16)18/h4-6,9H,2-3H2,1H3. The summed E-state index contributed by atoms with van der Waals surface area (Å²) in [6, 6.07) is 6.30. The first-order valence-electron chi connectivity index (χ1n) is 5.67. The van der Waals surface area contributed by atoms with Crippen LogP contribution in [0.4, 0.5) is 0 Å². The van der Waals surface area contributed by atoms with Crippen molar-refractivity contribution in [3.63, 3.8) is 0 Å². The molecular weight excluding hydrogens is 296 g/mol. The number of carbonyl (C=O) groups is 2. The zero-order valence-corrected chi connectivity index (χ0v) is 11.4. The number of rotatable bonds is 3. The van der Waals surface area contributed by atoms with E-state index < -0.39 is 6.04 Å². The van der Waals surface area contributed by atoms with Crippen LogP contribution in [0.25, 0.3) is 0 Å². The van der Waals surface area contributed by atoms with Crippen LogP contribution in [0.2, 0.25) is 0 Å². The van der Waals surface area contributed by atoms with E-state index in [9.17, 15) is 9.59 Å². The summed E-state index contributed by atoms with van der Waals surface area (Å²) < 4.78 is 0.744. The van der Waals surface area contributed by atoms with Crippen LogP contribution in [0, 0.1) is 11.3 Å². The number of hydrogen-bond acceptors (Lipinski definition) is 3. The summed E-state index contributed by atoms with van der Waals surface area (Å²) in [5, 5.41) is 9.08. The molecule has 0 bridgehead atoms. The molecule has 1 aromatic carbocycles. The highest BCUT2D eigenvalue weighted by molar-refractivity contribution is 9.10. The average molecular weight is 307 g/mol. The Morgan fingerprint density at radius 2 is 2.00 bits per heavy atom. The Morgan fingerprint density at radius 1 is 1.33 bits per heavy atom. The quantitative estimate of drug-likeness (QED) is 0.807. The maximum atomic E-state index is 12.2. The molecule has 0 N–H and O–H groups in total. The predicted octanol–water partition coefficient (Wildman–Crippen LogP) is 2.74. The van der Waals surface area contributed by atoms with Gasteiger partial charge in [-0.2, -0.15) is 5.26 Å². The Labute approximate surface area is 113 Å². The molecule has 1 heterocycles. The third-order valence-corrected chi connectivity index (χ3v) is 3.40. The van der Waals surface area contributed by atoms with E-state index >= 15 is 0 Å². The van der Waals surface area contributed by atoms with E-state index in [1.54, 1.807) is 18.2 Å². The Morgan fingerprint density at radius 3 is 2.61 bits per heavy atom. The number of fused-ring (bicyclic) bond motifs is 1. The van der Waals surface area contributed by atoms with Gasteiger partial charge in [-0.05, 0) is 24.6 Å².